The van der Waals surface area contributed by atoms with Crippen molar-refractivity contribution in [2.45, 2.75) is 19.4 Å². The number of nitrogen functional groups attached to an aromatic ring is 1. The number of para-hydroxylation sites is 1. The zero-order valence-electron chi connectivity index (χ0n) is 15.9. The quantitative estimate of drug-likeness (QED) is 0.350. The molecule has 0 saturated heterocycles. The molecule has 6 heteroatoms. The third-order valence-corrected chi connectivity index (χ3v) is 5.30. The Morgan fingerprint density at radius 3 is 2.79 bits per heavy atom. The van der Waals surface area contributed by atoms with Gasteiger partial charge in [0.05, 0.1) is 0 Å². The molecular formula is C23H22N6. The second kappa shape index (κ2) is 7.31. The Labute approximate surface area is 168 Å². The number of benzene rings is 2. The fourth-order valence-corrected chi connectivity index (χ4v) is 3.76. The molecule has 0 saturated carbocycles. The Kier molecular flexibility index (Phi) is 4.37. The van der Waals surface area contributed by atoms with Crippen molar-refractivity contribution in [1.29, 1.82) is 0 Å². The van der Waals surface area contributed by atoms with E-state index in [0.717, 1.165) is 35.3 Å². The number of H-pyrrole nitrogens is 2. The summed E-state index contributed by atoms with van der Waals surface area (Å²) in [6.07, 6.45) is 7.61. The van der Waals surface area contributed by atoms with E-state index < -0.39 is 0 Å². The van der Waals surface area contributed by atoms with E-state index >= 15 is 0 Å². The van der Waals surface area contributed by atoms with Crippen molar-refractivity contribution in [3.05, 3.63) is 83.8 Å². The lowest BCUT2D eigenvalue weighted by Crippen LogP contribution is -2.08. The van der Waals surface area contributed by atoms with Gasteiger partial charge < -0.3 is 21.0 Å². The largest absolute Gasteiger partial charge is 0.368 e. The number of nitrogens with two attached hydrogens (primary N) is 1. The maximum absolute atomic E-state index is 5.85. The van der Waals surface area contributed by atoms with Crippen LogP contribution in [0.25, 0.3) is 21.8 Å². The molecule has 0 radical (unpaired) electrons. The average molecular weight is 382 g/mol. The van der Waals surface area contributed by atoms with E-state index in [-0.39, 0.29) is 5.95 Å². The molecule has 0 fully saturated rings. The predicted octanol–water partition coefficient (Wildman–Crippen LogP) is 4.42. The van der Waals surface area contributed by atoms with Crippen LogP contribution in [0.1, 0.15) is 16.7 Å². The topological polar surface area (TPSA) is 95.4 Å². The van der Waals surface area contributed by atoms with Gasteiger partial charge in [-0.2, -0.15) is 4.98 Å². The highest BCUT2D eigenvalue weighted by Crippen LogP contribution is 2.22. The summed E-state index contributed by atoms with van der Waals surface area (Å²) >= 11 is 0. The number of fused-ring (bicyclic) bond motifs is 2. The summed E-state index contributed by atoms with van der Waals surface area (Å²) in [6.45, 7) is 0.678. The fourth-order valence-electron chi connectivity index (χ4n) is 3.76. The molecule has 0 atom stereocenters. The van der Waals surface area contributed by atoms with Gasteiger partial charge in [-0.3, -0.25) is 0 Å². The summed E-state index contributed by atoms with van der Waals surface area (Å²) in [4.78, 5) is 15.2. The lowest BCUT2D eigenvalue weighted by molar-refractivity contribution is 0.935. The number of anilines is 2. The minimum atomic E-state index is 0.282. The van der Waals surface area contributed by atoms with Crippen LogP contribution >= 0.6 is 0 Å². The number of aromatic amines is 2. The van der Waals surface area contributed by atoms with Crippen LogP contribution in [0.4, 0.5) is 11.8 Å². The molecule has 6 nitrogen and oxygen atoms in total. The maximum atomic E-state index is 5.85. The van der Waals surface area contributed by atoms with Crippen LogP contribution < -0.4 is 11.1 Å². The molecule has 0 aliphatic heterocycles. The van der Waals surface area contributed by atoms with Crippen LogP contribution in [-0.4, -0.2) is 19.9 Å². The van der Waals surface area contributed by atoms with Gasteiger partial charge in [-0.15, -0.1) is 0 Å². The summed E-state index contributed by atoms with van der Waals surface area (Å²) in [7, 11) is 0. The van der Waals surface area contributed by atoms with Gasteiger partial charge >= 0.3 is 0 Å². The molecule has 0 aliphatic rings. The molecule has 5 aromatic rings. The summed E-state index contributed by atoms with van der Waals surface area (Å²) in [5.74, 6) is 1.08. The van der Waals surface area contributed by atoms with Gasteiger partial charge in [-0.1, -0.05) is 24.3 Å². The van der Waals surface area contributed by atoms with Gasteiger partial charge in [0.1, 0.15) is 5.82 Å². The lowest BCUT2D eigenvalue weighted by Gasteiger charge is -2.11. The average Bonchev–Trinajstić information content (AvgIpc) is 3.38. The van der Waals surface area contributed by atoms with Crippen molar-refractivity contribution >= 4 is 33.6 Å². The zero-order chi connectivity index (χ0) is 19.6. The molecule has 5 rings (SSSR count). The second-order valence-corrected chi connectivity index (χ2v) is 7.21. The Morgan fingerprint density at radius 2 is 1.83 bits per heavy atom. The van der Waals surface area contributed by atoms with Gasteiger partial charge in [-0.05, 0) is 53.6 Å². The van der Waals surface area contributed by atoms with Gasteiger partial charge in [0.2, 0.25) is 5.95 Å². The van der Waals surface area contributed by atoms with Gasteiger partial charge in [-0.25, -0.2) is 4.98 Å². The van der Waals surface area contributed by atoms with Crippen molar-refractivity contribution in [1.82, 2.24) is 19.9 Å². The first kappa shape index (κ1) is 17.3. The lowest BCUT2D eigenvalue weighted by atomic mass is 10.0. The van der Waals surface area contributed by atoms with E-state index in [2.05, 4.69) is 73.9 Å². The molecule has 3 heterocycles. The van der Waals surface area contributed by atoms with Gasteiger partial charge in [0.15, 0.2) is 0 Å². The molecule has 144 valence electrons. The summed E-state index contributed by atoms with van der Waals surface area (Å²) in [5.41, 5.74) is 11.7. The molecule has 3 aromatic heterocycles. The van der Waals surface area contributed by atoms with Crippen LogP contribution in [0.5, 0.6) is 0 Å². The van der Waals surface area contributed by atoms with E-state index in [0.29, 0.717) is 6.54 Å². The number of hydrogen-bond acceptors (Lipinski definition) is 4. The minimum absolute atomic E-state index is 0.282. The summed E-state index contributed by atoms with van der Waals surface area (Å²) in [6, 6.07) is 16.8. The molecular weight excluding hydrogens is 360 g/mol. The van der Waals surface area contributed by atoms with Crippen LogP contribution in [0.3, 0.4) is 0 Å². The fraction of sp³-hybridized carbons (Fsp3) is 0.130. The van der Waals surface area contributed by atoms with E-state index in [1.165, 1.54) is 21.9 Å². The first-order chi connectivity index (χ1) is 14.3. The number of hydrogen-bond donors (Lipinski definition) is 4. The highest BCUT2D eigenvalue weighted by atomic mass is 15.1. The first-order valence-electron chi connectivity index (χ1n) is 9.72. The zero-order valence-corrected chi connectivity index (χ0v) is 15.9. The molecule has 0 spiro atoms. The Hall–Kier alpha value is -3.80. The summed E-state index contributed by atoms with van der Waals surface area (Å²) in [5, 5.41) is 5.91. The molecule has 0 unspecified atom stereocenters. The summed E-state index contributed by atoms with van der Waals surface area (Å²) < 4.78 is 0. The van der Waals surface area contributed by atoms with E-state index in [9.17, 15) is 0 Å². The van der Waals surface area contributed by atoms with E-state index in [1.54, 1.807) is 0 Å². The van der Waals surface area contributed by atoms with Crippen LogP contribution in [-0.2, 0) is 19.4 Å². The molecule has 0 amide bonds. The third-order valence-electron chi connectivity index (χ3n) is 5.30. The molecule has 2 aromatic carbocycles. The van der Waals surface area contributed by atoms with Crippen LogP contribution in [0.15, 0.2) is 67.1 Å². The Balaban J connectivity index is 1.34. The van der Waals surface area contributed by atoms with E-state index in [1.807, 2.05) is 18.5 Å². The maximum Gasteiger partial charge on any atom is 0.221 e. The highest BCUT2D eigenvalue weighted by molar-refractivity contribution is 5.83. The predicted molar refractivity (Wildman–Crippen MR) is 118 cm³/mol. The monoisotopic (exact) mass is 382 g/mol. The third kappa shape index (κ3) is 3.52. The van der Waals surface area contributed by atoms with Crippen molar-refractivity contribution < 1.29 is 0 Å². The van der Waals surface area contributed by atoms with Crippen molar-refractivity contribution in [3.8, 4) is 0 Å². The van der Waals surface area contributed by atoms with Crippen LogP contribution in [0.2, 0.25) is 0 Å². The van der Waals surface area contributed by atoms with E-state index in [4.69, 9.17) is 5.73 Å². The number of nitrogens with zero attached hydrogens (tertiary/aromatic N) is 2. The standard InChI is InChI=1S/C23H22N6/c24-23-28-14-18(7-6-17-13-26-21-4-2-1-3-19(17)21)22(29-23)27-12-15-5-8-20-16(11-15)9-10-25-20/h1-5,8-11,13-14,25-26H,6-7,12H2,(H3,24,27,28,29). The van der Waals surface area contributed by atoms with Crippen molar-refractivity contribution in [3.63, 3.8) is 0 Å². The highest BCUT2D eigenvalue weighted by Gasteiger charge is 2.09. The van der Waals surface area contributed by atoms with Gasteiger partial charge in [0.25, 0.3) is 0 Å². The number of aryl methyl sites for hydroxylation is 2. The van der Waals surface area contributed by atoms with Gasteiger partial charge in [0, 0.05) is 47.1 Å². The smallest absolute Gasteiger partial charge is 0.221 e. The molecule has 5 N–H and O–H groups in total. The van der Waals surface area contributed by atoms with Crippen LogP contribution in [0, 0.1) is 0 Å². The second-order valence-electron chi connectivity index (χ2n) is 7.21. The minimum Gasteiger partial charge on any atom is -0.368 e. The molecule has 0 bridgehead atoms. The Morgan fingerprint density at radius 1 is 0.931 bits per heavy atom. The number of nitrogens with one attached hydrogen (secondary N) is 3. The number of aromatic nitrogens is 4. The first-order valence-corrected chi connectivity index (χ1v) is 9.72. The van der Waals surface area contributed by atoms with Crippen molar-refractivity contribution in [2.75, 3.05) is 11.1 Å². The molecule has 0 aliphatic carbocycles. The SMILES string of the molecule is Nc1ncc(CCc2c[nH]c3ccccc23)c(NCc2ccc3[nH]ccc3c2)n1. The normalized spacial score (nSPS) is 11.3. The molecule has 29 heavy (non-hydrogen) atoms. The Bertz CT molecular complexity index is 1280. The van der Waals surface area contributed by atoms with Crippen molar-refractivity contribution in [2.24, 2.45) is 0 Å². The number of rotatable bonds is 6.